The average Bonchev–Trinajstić information content (AvgIpc) is 3.25. The van der Waals surface area contributed by atoms with Gasteiger partial charge in [-0.25, -0.2) is 9.78 Å². The van der Waals surface area contributed by atoms with Gasteiger partial charge in [0.1, 0.15) is 0 Å². The van der Waals surface area contributed by atoms with Gasteiger partial charge in [0, 0.05) is 26.0 Å². The quantitative estimate of drug-likeness (QED) is 0.101. The predicted octanol–water partition coefficient (Wildman–Crippen LogP) is 6.81. The molecule has 2 aliphatic rings. The van der Waals surface area contributed by atoms with E-state index < -0.39 is 12.6 Å². The van der Waals surface area contributed by atoms with Crippen molar-refractivity contribution in [2.24, 2.45) is 11.8 Å². The molecule has 6 rings (SSSR count). The number of hydrogen-bond acceptors (Lipinski definition) is 6. The number of fused-ring (bicyclic) bond motifs is 2. The Morgan fingerprint density at radius 2 is 1.56 bits per heavy atom. The zero-order valence-electron chi connectivity index (χ0n) is 21.6. The molecule has 1 fully saturated rings. The van der Waals surface area contributed by atoms with Crippen molar-refractivity contribution in [3.63, 3.8) is 0 Å². The lowest BCUT2D eigenvalue weighted by Gasteiger charge is -2.15. The molecule has 1 aliphatic carbocycles. The van der Waals surface area contributed by atoms with Gasteiger partial charge in [-0.3, -0.25) is 19.3 Å². The number of ether oxygens (including phenoxy) is 1. The van der Waals surface area contributed by atoms with E-state index in [9.17, 15) is 19.2 Å². The van der Waals surface area contributed by atoms with Crippen molar-refractivity contribution in [3.8, 4) is 11.3 Å². The van der Waals surface area contributed by atoms with Crippen molar-refractivity contribution in [2.75, 3.05) is 11.5 Å². The smallest absolute Gasteiger partial charge is 0.339 e. The van der Waals surface area contributed by atoms with Crippen LogP contribution >= 0.6 is 27.5 Å². The van der Waals surface area contributed by atoms with Gasteiger partial charge in [-0.2, -0.15) is 0 Å². The lowest BCUT2D eigenvalue weighted by Crippen LogP contribution is -2.30. The standard InChI is InChI=1S/C32H22BrClN2O5/c33-20-9-14-27-25(15-20)26(32(40)41-17-29(37)19-5-10-21(34)11-6-19)16-28(35-27)18-7-12-22(13-8-18)36-30(38)23-3-1-2-4-24(23)31(36)39/h1-2,5-16,23-24H,3-4,17H2/t23-,24-/m0/s1. The third kappa shape index (κ3) is 5.21. The number of esters is 1. The van der Waals surface area contributed by atoms with Crippen LogP contribution in [-0.2, 0) is 14.3 Å². The van der Waals surface area contributed by atoms with E-state index in [0.29, 0.717) is 51.3 Å². The van der Waals surface area contributed by atoms with Crippen molar-refractivity contribution >= 4 is 67.7 Å². The summed E-state index contributed by atoms with van der Waals surface area (Å²) in [4.78, 5) is 57.8. The fraction of sp³-hybridized carbons (Fsp3) is 0.156. The van der Waals surface area contributed by atoms with Crippen molar-refractivity contribution in [1.82, 2.24) is 4.98 Å². The van der Waals surface area contributed by atoms with E-state index in [-0.39, 0.29) is 35.0 Å². The van der Waals surface area contributed by atoms with E-state index in [4.69, 9.17) is 21.3 Å². The highest BCUT2D eigenvalue weighted by molar-refractivity contribution is 9.10. The Kier molecular flexibility index (Phi) is 7.28. The van der Waals surface area contributed by atoms with Crippen molar-refractivity contribution in [1.29, 1.82) is 0 Å². The number of rotatable bonds is 6. The van der Waals surface area contributed by atoms with Crippen molar-refractivity contribution < 1.29 is 23.9 Å². The first kappa shape index (κ1) is 27.1. The lowest BCUT2D eigenvalue weighted by atomic mass is 9.85. The number of allylic oxidation sites excluding steroid dienone is 2. The molecule has 0 spiro atoms. The number of ketones is 1. The molecule has 0 saturated carbocycles. The summed E-state index contributed by atoms with van der Waals surface area (Å²) in [7, 11) is 0. The third-order valence-corrected chi connectivity index (χ3v) is 8.17. The SMILES string of the molecule is O=C(COC(=O)c1cc(-c2ccc(N3C(=O)[C@H]4CC=CC[C@@H]4C3=O)cc2)nc2ccc(Br)cc12)c1ccc(Cl)cc1. The van der Waals surface area contributed by atoms with Crippen LogP contribution in [0.3, 0.4) is 0 Å². The molecule has 1 aromatic heterocycles. The van der Waals surface area contributed by atoms with Gasteiger partial charge in [0.15, 0.2) is 12.4 Å². The molecule has 1 aliphatic heterocycles. The molecule has 0 bridgehead atoms. The Labute approximate surface area is 248 Å². The van der Waals surface area contributed by atoms with Gasteiger partial charge in [-0.05, 0) is 73.5 Å². The molecule has 2 atom stereocenters. The maximum atomic E-state index is 13.2. The van der Waals surface area contributed by atoms with Crippen LogP contribution in [0.2, 0.25) is 5.02 Å². The molecule has 1 saturated heterocycles. The summed E-state index contributed by atoms with van der Waals surface area (Å²) in [6, 6.07) is 20.3. The van der Waals surface area contributed by atoms with Gasteiger partial charge in [-0.1, -0.05) is 51.8 Å². The Morgan fingerprint density at radius 1 is 0.902 bits per heavy atom. The van der Waals surface area contributed by atoms with Crippen LogP contribution in [0, 0.1) is 11.8 Å². The van der Waals surface area contributed by atoms with Gasteiger partial charge < -0.3 is 4.74 Å². The lowest BCUT2D eigenvalue weighted by molar-refractivity contribution is -0.122. The number of benzene rings is 3. The van der Waals surface area contributed by atoms with Crippen LogP contribution in [0.15, 0.2) is 89.4 Å². The van der Waals surface area contributed by atoms with E-state index in [1.807, 2.05) is 18.2 Å². The highest BCUT2D eigenvalue weighted by Crippen LogP contribution is 2.38. The second kappa shape index (κ2) is 11.0. The Balaban J connectivity index is 1.28. The zero-order chi connectivity index (χ0) is 28.7. The molecule has 4 aromatic rings. The monoisotopic (exact) mass is 628 g/mol. The first-order chi connectivity index (χ1) is 19.8. The summed E-state index contributed by atoms with van der Waals surface area (Å²) in [5, 5.41) is 1.06. The van der Waals surface area contributed by atoms with E-state index in [0.717, 1.165) is 4.47 Å². The number of carbonyl (C=O) groups is 4. The molecule has 41 heavy (non-hydrogen) atoms. The number of Topliss-reactive ketones (excluding diaryl/α,β-unsaturated/α-hetero) is 1. The minimum atomic E-state index is -0.667. The normalized spacial score (nSPS) is 18.0. The molecule has 0 unspecified atom stereocenters. The van der Waals surface area contributed by atoms with Gasteiger partial charge in [0.05, 0.1) is 34.3 Å². The highest BCUT2D eigenvalue weighted by Gasteiger charge is 2.47. The number of carbonyl (C=O) groups excluding carboxylic acids is 4. The summed E-state index contributed by atoms with van der Waals surface area (Å²) in [6.45, 7) is -0.433. The van der Waals surface area contributed by atoms with Gasteiger partial charge >= 0.3 is 5.97 Å². The molecule has 204 valence electrons. The number of hydrogen-bond donors (Lipinski definition) is 0. The first-order valence-corrected chi connectivity index (χ1v) is 14.2. The Bertz CT molecular complexity index is 1720. The maximum Gasteiger partial charge on any atom is 0.339 e. The largest absolute Gasteiger partial charge is 0.454 e. The topological polar surface area (TPSA) is 93.6 Å². The second-order valence-corrected chi connectivity index (χ2v) is 11.3. The molecule has 7 nitrogen and oxygen atoms in total. The summed E-state index contributed by atoms with van der Waals surface area (Å²) in [6.07, 6.45) is 5.06. The summed E-state index contributed by atoms with van der Waals surface area (Å²) in [5.74, 6) is -2.00. The van der Waals surface area contributed by atoms with Crippen LogP contribution < -0.4 is 4.90 Å². The fourth-order valence-corrected chi connectivity index (χ4v) is 5.77. The predicted molar refractivity (Wildman–Crippen MR) is 159 cm³/mol. The van der Waals surface area contributed by atoms with Gasteiger partial charge in [0.25, 0.3) is 0 Å². The molecule has 2 heterocycles. The molecule has 9 heteroatoms. The molecule has 2 amide bonds. The zero-order valence-corrected chi connectivity index (χ0v) is 23.9. The van der Waals surface area contributed by atoms with Crippen molar-refractivity contribution in [2.45, 2.75) is 12.8 Å². The van der Waals surface area contributed by atoms with Crippen LogP contribution in [0.25, 0.3) is 22.2 Å². The minimum absolute atomic E-state index is 0.176. The van der Waals surface area contributed by atoms with Gasteiger partial charge in [-0.15, -0.1) is 0 Å². The molecule has 0 N–H and O–H groups in total. The molecule has 0 radical (unpaired) electrons. The summed E-state index contributed by atoms with van der Waals surface area (Å²) >= 11 is 9.34. The fourth-order valence-electron chi connectivity index (χ4n) is 5.28. The number of anilines is 1. The Hall–Kier alpha value is -4.14. The van der Waals surface area contributed by atoms with E-state index >= 15 is 0 Å². The van der Waals surface area contributed by atoms with Crippen LogP contribution in [-0.4, -0.2) is 35.2 Å². The number of halogens is 2. The highest BCUT2D eigenvalue weighted by atomic mass is 79.9. The summed E-state index contributed by atoms with van der Waals surface area (Å²) < 4.78 is 6.17. The first-order valence-electron chi connectivity index (χ1n) is 13.0. The maximum absolute atomic E-state index is 13.2. The average molecular weight is 630 g/mol. The van der Waals surface area contributed by atoms with E-state index in [1.54, 1.807) is 66.7 Å². The second-order valence-electron chi connectivity index (χ2n) is 9.94. The minimum Gasteiger partial charge on any atom is -0.454 e. The number of pyridine rings is 1. The summed E-state index contributed by atoms with van der Waals surface area (Å²) in [5.41, 5.74) is 2.88. The van der Waals surface area contributed by atoms with Crippen LogP contribution in [0.1, 0.15) is 33.6 Å². The molecule has 3 aromatic carbocycles. The third-order valence-electron chi connectivity index (χ3n) is 7.42. The van der Waals surface area contributed by atoms with Crippen molar-refractivity contribution in [3.05, 3.63) is 106 Å². The van der Waals surface area contributed by atoms with E-state index in [1.165, 1.54) is 4.90 Å². The van der Waals surface area contributed by atoms with Gasteiger partial charge in [0.2, 0.25) is 11.8 Å². The number of aromatic nitrogens is 1. The number of imide groups is 1. The van der Waals surface area contributed by atoms with E-state index in [2.05, 4.69) is 15.9 Å². The number of amides is 2. The Morgan fingerprint density at radius 3 is 2.22 bits per heavy atom. The molecular weight excluding hydrogens is 608 g/mol. The van der Waals surface area contributed by atoms with Crippen LogP contribution in [0.5, 0.6) is 0 Å². The number of nitrogens with zero attached hydrogens (tertiary/aromatic N) is 2. The van der Waals surface area contributed by atoms with Crippen LogP contribution in [0.4, 0.5) is 5.69 Å². The molecular formula is C32H22BrClN2O5.